The highest BCUT2D eigenvalue weighted by atomic mass is 19.1. The largest absolute Gasteiger partial charge is 0.497 e. The third-order valence-corrected chi connectivity index (χ3v) is 3.88. The van der Waals surface area contributed by atoms with E-state index in [9.17, 15) is 9.18 Å². The number of hydrogen-bond donors (Lipinski definition) is 0. The van der Waals surface area contributed by atoms with Gasteiger partial charge in [0.2, 0.25) is 0 Å². The molecule has 1 amide bonds. The number of ether oxygens (including phenoxy) is 3. The van der Waals surface area contributed by atoms with Crippen LogP contribution in [0.3, 0.4) is 0 Å². The first kappa shape index (κ1) is 16.1. The summed E-state index contributed by atoms with van der Waals surface area (Å²) < 4.78 is 29.7. The van der Waals surface area contributed by atoms with Crippen molar-refractivity contribution in [3.8, 4) is 17.2 Å². The van der Waals surface area contributed by atoms with Gasteiger partial charge in [-0.1, -0.05) is 0 Å². The van der Waals surface area contributed by atoms with Gasteiger partial charge in [0.05, 0.1) is 26.5 Å². The summed E-state index contributed by atoms with van der Waals surface area (Å²) >= 11 is 0. The van der Waals surface area contributed by atoms with E-state index in [-0.39, 0.29) is 12.5 Å². The number of hydrogen-bond acceptors (Lipinski definition) is 4. The van der Waals surface area contributed by atoms with Crippen LogP contribution in [0.5, 0.6) is 17.2 Å². The van der Waals surface area contributed by atoms with E-state index in [2.05, 4.69) is 0 Å². The van der Waals surface area contributed by atoms with Crippen molar-refractivity contribution >= 4 is 11.6 Å². The van der Waals surface area contributed by atoms with E-state index >= 15 is 0 Å². The second-order valence-electron chi connectivity index (χ2n) is 5.52. The summed E-state index contributed by atoms with van der Waals surface area (Å²) in [6, 6.07) is 9.53. The van der Waals surface area contributed by atoms with E-state index < -0.39 is 11.9 Å². The molecule has 1 aliphatic rings. The molecule has 24 heavy (non-hydrogen) atoms. The Morgan fingerprint density at radius 2 is 1.79 bits per heavy atom. The molecule has 0 saturated heterocycles. The van der Waals surface area contributed by atoms with E-state index in [4.69, 9.17) is 14.2 Å². The summed E-state index contributed by atoms with van der Waals surface area (Å²) in [6.07, 6.45) is -0.629. The van der Waals surface area contributed by atoms with Crippen molar-refractivity contribution in [2.45, 2.75) is 19.6 Å². The molecule has 0 aliphatic carbocycles. The van der Waals surface area contributed by atoms with Crippen LogP contribution in [0.25, 0.3) is 0 Å². The van der Waals surface area contributed by atoms with Crippen molar-refractivity contribution in [1.82, 2.24) is 0 Å². The molecule has 1 heterocycles. The lowest BCUT2D eigenvalue weighted by Gasteiger charge is -2.33. The molecule has 1 atom stereocenters. The van der Waals surface area contributed by atoms with Crippen molar-refractivity contribution in [2.75, 3.05) is 19.1 Å². The van der Waals surface area contributed by atoms with Gasteiger partial charge in [-0.05, 0) is 36.8 Å². The predicted molar refractivity (Wildman–Crippen MR) is 87.2 cm³/mol. The fourth-order valence-electron chi connectivity index (χ4n) is 2.68. The maximum absolute atomic E-state index is 13.6. The summed E-state index contributed by atoms with van der Waals surface area (Å²) in [6.45, 7) is 1.93. The van der Waals surface area contributed by atoms with Gasteiger partial charge < -0.3 is 19.1 Å². The normalized spacial score (nSPS) is 16.4. The number of carbonyl (C=O) groups excluding carboxylic acids is 1. The predicted octanol–water partition coefficient (Wildman–Crippen LogP) is 3.16. The van der Waals surface area contributed by atoms with Crippen LogP contribution in [0.4, 0.5) is 10.1 Å². The molecule has 0 saturated carbocycles. The van der Waals surface area contributed by atoms with Crippen LogP contribution in [0.15, 0.2) is 36.4 Å². The first-order valence-electron chi connectivity index (χ1n) is 7.51. The van der Waals surface area contributed by atoms with Gasteiger partial charge >= 0.3 is 0 Å². The second kappa shape index (κ2) is 6.39. The van der Waals surface area contributed by atoms with Gasteiger partial charge in [0.25, 0.3) is 5.91 Å². The first-order chi connectivity index (χ1) is 11.5. The highest BCUT2D eigenvalue weighted by molar-refractivity contribution is 5.99. The Morgan fingerprint density at radius 3 is 2.42 bits per heavy atom. The molecule has 3 rings (SSSR count). The number of amides is 1. The fourth-order valence-corrected chi connectivity index (χ4v) is 2.68. The molecule has 1 aliphatic heterocycles. The third kappa shape index (κ3) is 2.99. The van der Waals surface area contributed by atoms with Crippen molar-refractivity contribution in [3.05, 3.63) is 47.8 Å². The van der Waals surface area contributed by atoms with E-state index in [0.29, 0.717) is 22.9 Å². The van der Waals surface area contributed by atoms with Crippen LogP contribution in [-0.2, 0) is 11.3 Å². The monoisotopic (exact) mass is 331 g/mol. The van der Waals surface area contributed by atoms with Crippen LogP contribution in [0.2, 0.25) is 0 Å². The van der Waals surface area contributed by atoms with Crippen molar-refractivity contribution in [3.63, 3.8) is 0 Å². The molecule has 1 unspecified atom stereocenters. The highest BCUT2D eigenvalue weighted by Gasteiger charge is 2.32. The molecule has 0 spiro atoms. The minimum absolute atomic E-state index is 0.227. The van der Waals surface area contributed by atoms with Gasteiger partial charge in [-0.2, -0.15) is 0 Å². The van der Waals surface area contributed by atoms with E-state index in [1.807, 2.05) is 12.1 Å². The number of benzene rings is 2. The molecule has 0 fully saturated rings. The maximum atomic E-state index is 13.6. The second-order valence-corrected chi connectivity index (χ2v) is 5.52. The third-order valence-electron chi connectivity index (χ3n) is 3.88. The number of nitrogens with zero attached hydrogens (tertiary/aromatic N) is 1. The lowest BCUT2D eigenvalue weighted by atomic mass is 10.1. The van der Waals surface area contributed by atoms with Crippen LogP contribution in [-0.4, -0.2) is 26.2 Å². The van der Waals surface area contributed by atoms with Crippen molar-refractivity contribution in [2.24, 2.45) is 0 Å². The minimum Gasteiger partial charge on any atom is -0.497 e. The Kier molecular flexibility index (Phi) is 4.29. The number of rotatable bonds is 4. The van der Waals surface area contributed by atoms with Crippen molar-refractivity contribution in [1.29, 1.82) is 0 Å². The number of methoxy groups -OCH3 is 2. The van der Waals surface area contributed by atoms with Crippen LogP contribution in [0, 0.1) is 5.82 Å². The Labute approximate surface area is 139 Å². The zero-order valence-electron chi connectivity index (χ0n) is 13.7. The molecule has 126 valence electrons. The number of carbonyl (C=O) groups is 1. The molecule has 0 bridgehead atoms. The highest BCUT2D eigenvalue weighted by Crippen LogP contribution is 2.36. The van der Waals surface area contributed by atoms with Crippen LogP contribution < -0.4 is 19.1 Å². The van der Waals surface area contributed by atoms with Gasteiger partial charge in [0.15, 0.2) is 6.10 Å². The lowest BCUT2D eigenvalue weighted by molar-refractivity contribution is -0.125. The molecule has 0 N–H and O–H groups in total. The maximum Gasteiger partial charge on any atom is 0.268 e. The molecule has 2 aromatic rings. The average molecular weight is 331 g/mol. The Bertz CT molecular complexity index is 755. The first-order valence-corrected chi connectivity index (χ1v) is 7.51. The Morgan fingerprint density at radius 1 is 1.12 bits per heavy atom. The molecule has 0 aromatic heterocycles. The van der Waals surface area contributed by atoms with E-state index in [1.165, 1.54) is 23.1 Å². The molecule has 6 heteroatoms. The van der Waals surface area contributed by atoms with Gasteiger partial charge in [-0.3, -0.25) is 4.79 Å². The summed E-state index contributed by atoms with van der Waals surface area (Å²) in [5.41, 5.74) is 1.23. The lowest BCUT2D eigenvalue weighted by Crippen LogP contribution is -2.44. The van der Waals surface area contributed by atoms with Crippen LogP contribution >= 0.6 is 0 Å². The standard InChI is InChI=1S/C18H18FNO4/c1-11-18(21)20(16-8-13(19)4-5-17(16)24-11)10-12-6-14(22-2)9-15(7-12)23-3/h4-9,11H,10H2,1-3H3. The SMILES string of the molecule is COc1cc(CN2C(=O)C(C)Oc3ccc(F)cc32)cc(OC)c1. The topological polar surface area (TPSA) is 48.0 Å². The van der Waals surface area contributed by atoms with E-state index in [0.717, 1.165) is 5.56 Å². The van der Waals surface area contributed by atoms with Gasteiger partial charge in [-0.25, -0.2) is 4.39 Å². The smallest absolute Gasteiger partial charge is 0.268 e. The zero-order chi connectivity index (χ0) is 17.3. The average Bonchev–Trinajstić information content (AvgIpc) is 2.59. The fraction of sp³-hybridized carbons (Fsp3) is 0.278. The molecule has 5 nitrogen and oxygen atoms in total. The summed E-state index contributed by atoms with van der Waals surface area (Å²) in [7, 11) is 3.12. The summed E-state index contributed by atoms with van der Waals surface area (Å²) in [4.78, 5) is 14.0. The summed E-state index contributed by atoms with van der Waals surface area (Å²) in [5.74, 6) is 1.08. The van der Waals surface area contributed by atoms with Gasteiger partial charge in [0, 0.05) is 12.1 Å². The van der Waals surface area contributed by atoms with Gasteiger partial charge in [-0.15, -0.1) is 0 Å². The quantitative estimate of drug-likeness (QED) is 0.863. The molecule has 0 radical (unpaired) electrons. The van der Waals surface area contributed by atoms with Gasteiger partial charge in [0.1, 0.15) is 23.1 Å². The summed E-state index contributed by atoms with van der Waals surface area (Å²) in [5, 5.41) is 0. The van der Waals surface area contributed by atoms with Crippen molar-refractivity contribution < 1.29 is 23.4 Å². The molecular formula is C18H18FNO4. The molecular weight excluding hydrogens is 313 g/mol. The number of anilines is 1. The molecule has 2 aromatic carbocycles. The number of fused-ring (bicyclic) bond motifs is 1. The Balaban J connectivity index is 2.00. The Hall–Kier alpha value is -2.76. The van der Waals surface area contributed by atoms with E-state index in [1.54, 1.807) is 27.2 Å². The zero-order valence-corrected chi connectivity index (χ0v) is 13.7. The number of halogens is 1. The minimum atomic E-state index is -0.629. The van der Waals surface area contributed by atoms with Crippen LogP contribution in [0.1, 0.15) is 12.5 Å².